The molecule has 0 N–H and O–H groups in total. The number of thioether (sulfide) groups is 1. The van der Waals surface area contributed by atoms with Crippen LogP contribution in [0.3, 0.4) is 0 Å². The fourth-order valence-corrected chi connectivity index (χ4v) is 5.81. The molecule has 1 aromatic heterocycles. The maximum Gasteiger partial charge on any atom is 0.222 e. The molecule has 1 aliphatic rings. The summed E-state index contributed by atoms with van der Waals surface area (Å²) in [5, 5.41) is 11.1. The maximum atomic E-state index is 12.9. The van der Waals surface area contributed by atoms with Gasteiger partial charge in [-0.3, -0.25) is 9.36 Å². The minimum Gasteiger partial charge on any atom is -0.367 e. The minimum absolute atomic E-state index is 0.195. The van der Waals surface area contributed by atoms with Crippen LogP contribution in [0.25, 0.3) is 17.1 Å². The predicted octanol–water partition coefficient (Wildman–Crippen LogP) is 6.46. The summed E-state index contributed by atoms with van der Waals surface area (Å²) in [6, 6.07) is 25.5. The highest BCUT2D eigenvalue weighted by molar-refractivity contribution is 7.99. The summed E-state index contributed by atoms with van der Waals surface area (Å²) in [6.45, 7) is 2.99. The first-order valence-electron chi connectivity index (χ1n) is 12.3. The molecular weight excluding hydrogens is 525 g/mol. The van der Waals surface area contributed by atoms with Crippen molar-refractivity contribution >= 4 is 46.6 Å². The number of rotatable bonds is 8. The lowest BCUT2D eigenvalue weighted by molar-refractivity contribution is -0.131. The van der Waals surface area contributed by atoms with Gasteiger partial charge in [0.15, 0.2) is 11.0 Å². The van der Waals surface area contributed by atoms with Crippen LogP contribution in [-0.4, -0.2) is 57.5 Å². The zero-order chi connectivity index (χ0) is 25.6. The number of hydrogen-bond acceptors (Lipinski definition) is 5. The molecule has 2 heterocycles. The van der Waals surface area contributed by atoms with Gasteiger partial charge in [-0.05, 0) is 42.8 Å². The van der Waals surface area contributed by atoms with Crippen LogP contribution in [0.1, 0.15) is 12.8 Å². The van der Waals surface area contributed by atoms with Crippen LogP contribution in [0, 0.1) is 0 Å². The molecule has 1 saturated heterocycles. The second-order valence-electron chi connectivity index (χ2n) is 8.73. The van der Waals surface area contributed by atoms with Crippen molar-refractivity contribution < 1.29 is 4.79 Å². The van der Waals surface area contributed by atoms with E-state index in [1.165, 1.54) is 0 Å². The Balaban J connectivity index is 1.18. The van der Waals surface area contributed by atoms with E-state index in [0.717, 1.165) is 52.4 Å². The molecule has 0 spiro atoms. The van der Waals surface area contributed by atoms with Crippen LogP contribution < -0.4 is 4.90 Å². The summed E-state index contributed by atoms with van der Waals surface area (Å²) in [5.41, 5.74) is 2.84. The van der Waals surface area contributed by atoms with Crippen molar-refractivity contribution in [2.45, 2.75) is 18.0 Å². The number of halogens is 2. The van der Waals surface area contributed by atoms with E-state index in [1.54, 1.807) is 11.8 Å². The minimum atomic E-state index is 0.195. The summed E-state index contributed by atoms with van der Waals surface area (Å²) in [6.07, 6.45) is 1.27. The number of benzene rings is 3. The van der Waals surface area contributed by atoms with Crippen molar-refractivity contribution in [1.82, 2.24) is 19.7 Å². The van der Waals surface area contributed by atoms with E-state index < -0.39 is 0 Å². The molecule has 0 radical (unpaired) electrons. The van der Waals surface area contributed by atoms with E-state index in [-0.39, 0.29) is 5.91 Å². The van der Waals surface area contributed by atoms with Gasteiger partial charge in [0.25, 0.3) is 0 Å². The number of aromatic nitrogens is 3. The van der Waals surface area contributed by atoms with Crippen molar-refractivity contribution in [1.29, 1.82) is 0 Å². The van der Waals surface area contributed by atoms with E-state index in [2.05, 4.69) is 15.1 Å². The second kappa shape index (κ2) is 12.0. The first-order valence-corrected chi connectivity index (χ1v) is 14.0. The van der Waals surface area contributed by atoms with Gasteiger partial charge in [0.05, 0.1) is 15.7 Å². The van der Waals surface area contributed by atoms with Crippen molar-refractivity contribution in [3.05, 3.63) is 88.9 Å². The van der Waals surface area contributed by atoms with Gasteiger partial charge in [-0.2, -0.15) is 0 Å². The van der Waals surface area contributed by atoms with Gasteiger partial charge in [-0.1, -0.05) is 77.4 Å². The molecular formula is C28H27Cl2N5OS. The Labute approximate surface area is 231 Å². The Hall–Kier alpha value is -3.00. The maximum absolute atomic E-state index is 12.9. The predicted molar refractivity (Wildman–Crippen MR) is 152 cm³/mol. The molecule has 9 heteroatoms. The van der Waals surface area contributed by atoms with Crippen LogP contribution in [-0.2, 0) is 4.79 Å². The Morgan fingerprint density at radius 3 is 2.22 bits per heavy atom. The smallest absolute Gasteiger partial charge is 0.222 e. The zero-order valence-electron chi connectivity index (χ0n) is 20.3. The third-order valence-electron chi connectivity index (χ3n) is 6.35. The van der Waals surface area contributed by atoms with Crippen molar-refractivity contribution in [3.63, 3.8) is 0 Å². The Bertz CT molecular complexity index is 1360. The average molecular weight is 553 g/mol. The van der Waals surface area contributed by atoms with E-state index in [0.29, 0.717) is 30.4 Å². The molecule has 1 aliphatic heterocycles. The highest BCUT2D eigenvalue weighted by atomic mass is 35.5. The van der Waals surface area contributed by atoms with E-state index >= 15 is 0 Å². The number of piperazine rings is 1. The lowest BCUT2D eigenvalue weighted by atomic mass is 10.2. The number of carbonyl (C=O) groups is 1. The van der Waals surface area contributed by atoms with Gasteiger partial charge >= 0.3 is 0 Å². The summed E-state index contributed by atoms with van der Waals surface area (Å²) in [4.78, 5) is 17.1. The van der Waals surface area contributed by atoms with Gasteiger partial charge in [-0.15, -0.1) is 10.2 Å². The van der Waals surface area contributed by atoms with Crippen LogP contribution >= 0.6 is 35.0 Å². The van der Waals surface area contributed by atoms with E-state index in [1.807, 2.05) is 88.3 Å². The lowest BCUT2D eigenvalue weighted by Crippen LogP contribution is -2.48. The third kappa shape index (κ3) is 5.95. The SMILES string of the molecule is O=C(CCCSc1nnc(-c2ccccc2Cl)n1-c1ccccc1)N1CCN(c2ccccc2Cl)CC1. The monoisotopic (exact) mass is 551 g/mol. The molecule has 190 valence electrons. The molecule has 5 rings (SSSR count). The average Bonchev–Trinajstić information content (AvgIpc) is 3.35. The molecule has 0 unspecified atom stereocenters. The van der Waals surface area contributed by atoms with Crippen molar-refractivity contribution in [3.8, 4) is 17.1 Å². The van der Waals surface area contributed by atoms with Crippen LogP contribution in [0.15, 0.2) is 84.0 Å². The molecule has 0 bridgehead atoms. The fourth-order valence-electron chi connectivity index (χ4n) is 4.44. The molecule has 1 fully saturated rings. The van der Waals surface area contributed by atoms with Crippen molar-refractivity contribution in [2.24, 2.45) is 0 Å². The second-order valence-corrected chi connectivity index (χ2v) is 10.6. The van der Waals surface area contributed by atoms with Crippen LogP contribution in [0.2, 0.25) is 10.0 Å². The molecule has 0 saturated carbocycles. The lowest BCUT2D eigenvalue weighted by Gasteiger charge is -2.36. The first-order chi connectivity index (χ1) is 18.1. The first kappa shape index (κ1) is 25.6. The Morgan fingerprint density at radius 2 is 1.49 bits per heavy atom. The molecule has 6 nitrogen and oxygen atoms in total. The molecule has 37 heavy (non-hydrogen) atoms. The van der Waals surface area contributed by atoms with Crippen molar-refractivity contribution in [2.75, 3.05) is 36.8 Å². The standard InChI is InChI=1S/C28H27Cl2N5OS/c29-23-12-5-4-11-22(23)27-31-32-28(35(27)21-9-2-1-3-10-21)37-20-8-15-26(36)34-18-16-33(17-19-34)25-14-7-6-13-24(25)30/h1-7,9-14H,8,15-20H2. The van der Waals surface area contributed by atoms with Gasteiger partial charge in [0, 0.05) is 49.6 Å². The van der Waals surface area contributed by atoms with Gasteiger partial charge in [-0.25, -0.2) is 0 Å². The summed E-state index contributed by atoms with van der Waals surface area (Å²) in [5.74, 6) is 1.66. The summed E-state index contributed by atoms with van der Waals surface area (Å²) in [7, 11) is 0. The van der Waals surface area contributed by atoms with E-state index in [4.69, 9.17) is 23.2 Å². The normalized spacial score (nSPS) is 13.7. The van der Waals surface area contributed by atoms with Gasteiger partial charge in [0.1, 0.15) is 0 Å². The number of hydrogen-bond donors (Lipinski definition) is 0. The topological polar surface area (TPSA) is 54.3 Å². The molecule has 0 atom stereocenters. The quantitative estimate of drug-likeness (QED) is 0.186. The fraction of sp³-hybridized carbons (Fsp3) is 0.250. The molecule has 4 aromatic rings. The largest absolute Gasteiger partial charge is 0.367 e. The molecule has 0 aliphatic carbocycles. The van der Waals surface area contributed by atoms with Crippen LogP contribution in [0.5, 0.6) is 0 Å². The number of carbonyl (C=O) groups excluding carboxylic acids is 1. The Kier molecular flexibility index (Phi) is 8.34. The summed E-state index contributed by atoms with van der Waals surface area (Å²) < 4.78 is 2.03. The number of para-hydroxylation sites is 2. The molecule has 3 aromatic carbocycles. The highest BCUT2D eigenvalue weighted by Crippen LogP contribution is 2.32. The summed E-state index contributed by atoms with van der Waals surface area (Å²) >= 11 is 14.4. The highest BCUT2D eigenvalue weighted by Gasteiger charge is 2.22. The number of anilines is 1. The van der Waals surface area contributed by atoms with Gasteiger partial charge in [0.2, 0.25) is 5.91 Å². The third-order valence-corrected chi connectivity index (χ3v) is 8.02. The van der Waals surface area contributed by atoms with E-state index in [9.17, 15) is 4.79 Å². The molecule has 1 amide bonds. The van der Waals surface area contributed by atoms with Gasteiger partial charge < -0.3 is 9.80 Å². The Morgan fingerprint density at radius 1 is 0.811 bits per heavy atom. The number of nitrogens with zero attached hydrogens (tertiary/aromatic N) is 5. The zero-order valence-corrected chi connectivity index (χ0v) is 22.6. The number of amides is 1. The van der Waals surface area contributed by atoms with Crippen LogP contribution in [0.4, 0.5) is 5.69 Å².